The van der Waals surface area contributed by atoms with Crippen molar-refractivity contribution in [3.8, 4) is 0 Å². The van der Waals surface area contributed by atoms with E-state index in [4.69, 9.17) is 18.0 Å². The van der Waals surface area contributed by atoms with E-state index in [1.165, 1.54) is 12.8 Å². The van der Waals surface area contributed by atoms with E-state index in [2.05, 4.69) is 16.8 Å². The van der Waals surface area contributed by atoms with Gasteiger partial charge in [-0.05, 0) is 31.2 Å². The van der Waals surface area contributed by atoms with Crippen molar-refractivity contribution in [2.24, 2.45) is 11.7 Å². The van der Waals surface area contributed by atoms with Crippen LogP contribution in [-0.4, -0.2) is 23.1 Å². The number of hydrogen-bond acceptors (Lipinski definition) is 3. The standard InChI is InChI=1S/C13H19N3S/c1-2-7-16(9-10-3-4-10)12-8-15-6-5-11(12)13(14)17/h5-6,8,10H,2-4,7,9H2,1H3,(H2,14,17). The maximum absolute atomic E-state index is 5.77. The Morgan fingerprint density at radius 1 is 1.59 bits per heavy atom. The third kappa shape index (κ3) is 3.16. The third-order valence-corrected chi connectivity index (χ3v) is 3.30. The summed E-state index contributed by atoms with van der Waals surface area (Å²) in [5.41, 5.74) is 7.81. The highest BCUT2D eigenvalue weighted by Crippen LogP contribution is 2.32. The monoisotopic (exact) mass is 249 g/mol. The van der Waals surface area contributed by atoms with Gasteiger partial charge < -0.3 is 10.6 Å². The summed E-state index contributed by atoms with van der Waals surface area (Å²) in [6, 6.07) is 1.91. The normalized spacial score (nSPS) is 14.6. The van der Waals surface area contributed by atoms with Gasteiger partial charge in [-0.1, -0.05) is 19.1 Å². The molecule has 2 rings (SSSR count). The summed E-state index contributed by atoms with van der Waals surface area (Å²) in [6.45, 7) is 4.34. The Kier molecular flexibility index (Phi) is 3.94. The van der Waals surface area contributed by atoms with Crippen LogP contribution in [0.25, 0.3) is 0 Å². The van der Waals surface area contributed by atoms with Gasteiger partial charge >= 0.3 is 0 Å². The first kappa shape index (κ1) is 12.3. The minimum absolute atomic E-state index is 0.458. The molecule has 0 aromatic carbocycles. The van der Waals surface area contributed by atoms with Gasteiger partial charge in [0.15, 0.2) is 0 Å². The molecule has 0 unspecified atom stereocenters. The van der Waals surface area contributed by atoms with Gasteiger partial charge in [-0.25, -0.2) is 0 Å². The van der Waals surface area contributed by atoms with Crippen molar-refractivity contribution in [1.29, 1.82) is 0 Å². The molecule has 4 heteroatoms. The lowest BCUT2D eigenvalue weighted by Gasteiger charge is -2.26. The van der Waals surface area contributed by atoms with E-state index in [1.54, 1.807) is 6.20 Å². The highest BCUT2D eigenvalue weighted by Gasteiger charge is 2.25. The van der Waals surface area contributed by atoms with Gasteiger partial charge in [-0.2, -0.15) is 0 Å². The summed E-state index contributed by atoms with van der Waals surface area (Å²) >= 11 is 5.11. The van der Waals surface area contributed by atoms with Crippen LogP contribution in [0.1, 0.15) is 31.7 Å². The minimum atomic E-state index is 0.458. The molecule has 0 bridgehead atoms. The molecule has 1 aliphatic carbocycles. The van der Waals surface area contributed by atoms with E-state index in [-0.39, 0.29) is 0 Å². The molecule has 0 aliphatic heterocycles. The van der Waals surface area contributed by atoms with Crippen LogP contribution in [0.4, 0.5) is 5.69 Å². The van der Waals surface area contributed by atoms with Gasteiger partial charge in [0, 0.05) is 24.8 Å². The molecule has 0 atom stereocenters. The Balaban J connectivity index is 2.23. The lowest BCUT2D eigenvalue weighted by molar-refractivity contribution is 0.706. The molecule has 3 nitrogen and oxygen atoms in total. The minimum Gasteiger partial charge on any atom is -0.389 e. The van der Waals surface area contributed by atoms with Crippen molar-refractivity contribution in [1.82, 2.24) is 4.98 Å². The largest absolute Gasteiger partial charge is 0.389 e. The molecule has 0 amide bonds. The number of nitrogens with zero attached hydrogens (tertiary/aromatic N) is 2. The topological polar surface area (TPSA) is 42.2 Å². The molecular formula is C13H19N3S. The average Bonchev–Trinajstić information content (AvgIpc) is 3.12. The molecule has 1 aromatic heterocycles. The molecule has 92 valence electrons. The van der Waals surface area contributed by atoms with E-state index in [0.29, 0.717) is 4.99 Å². The first-order valence-corrected chi connectivity index (χ1v) is 6.62. The van der Waals surface area contributed by atoms with Crippen LogP contribution >= 0.6 is 12.2 Å². The Morgan fingerprint density at radius 3 is 2.94 bits per heavy atom. The molecule has 2 N–H and O–H groups in total. The maximum Gasteiger partial charge on any atom is 0.106 e. The van der Waals surface area contributed by atoms with Crippen molar-refractivity contribution in [3.63, 3.8) is 0 Å². The smallest absolute Gasteiger partial charge is 0.106 e. The van der Waals surface area contributed by atoms with Crippen molar-refractivity contribution in [2.45, 2.75) is 26.2 Å². The number of nitrogens with two attached hydrogens (primary N) is 1. The lowest BCUT2D eigenvalue weighted by atomic mass is 10.2. The van der Waals surface area contributed by atoms with Crippen LogP contribution in [0.15, 0.2) is 18.5 Å². The number of thiocarbonyl (C=S) groups is 1. The zero-order valence-electron chi connectivity index (χ0n) is 10.2. The fourth-order valence-electron chi connectivity index (χ4n) is 2.04. The highest BCUT2D eigenvalue weighted by atomic mass is 32.1. The van der Waals surface area contributed by atoms with E-state index < -0.39 is 0 Å². The van der Waals surface area contributed by atoms with E-state index >= 15 is 0 Å². The summed E-state index contributed by atoms with van der Waals surface area (Å²) in [4.78, 5) is 7.03. The van der Waals surface area contributed by atoms with Crippen molar-refractivity contribution >= 4 is 22.9 Å². The van der Waals surface area contributed by atoms with Gasteiger partial charge in [0.25, 0.3) is 0 Å². The second-order valence-electron chi connectivity index (χ2n) is 4.65. The van der Waals surface area contributed by atoms with Crippen molar-refractivity contribution in [3.05, 3.63) is 24.0 Å². The maximum atomic E-state index is 5.77. The molecule has 1 saturated carbocycles. The van der Waals surface area contributed by atoms with Crippen LogP contribution in [0.2, 0.25) is 0 Å². The van der Waals surface area contributed by atoms with Gasteiger partial charge in [0.2, 0.25) is 0 Å². The average molecular weight is 249 g/mol. The van der Waals surface area contributed by atoms with Crippen molar-refractivity contribution < 1.29 is 0 Å². The van der Waals surface area contributed by atoms with Gasteiger partial charge in [-0.15, -0.1) is 0 Å². The van der Waals surface area contributed by atoms with Crippen LogP contribution < -0.4 is 10.6 Å². The Hall–Kier alpha value is -1.16. The summed E-state index contributed by atoms with van der Waals surface area (Å²) in [6.07, 6.45) is 7.45. The summed E-state index contributed by atoms with van der Waals surface area (Å²) in [5, 5.41) is 0. The molecule has 0 radical (unpaired) electrons. The number of anilines is 1. The highest BCUT2D eigenvalue weighted by molar-refractivity contribution is 7.80. The zero-order chi connectivity index (χ0) is 12.3. The van der Waals surface area contributed by atoms with Crippen LogP contribution in [0.3, 0.4) is 0 Å². The number of aromatic nitrogens is 1. The SMILES string of the molecule is CCCN(CC1CC1)c1cnccc1C(N)=S. The molecule has 1 aromatic rings. The Morgan fingerprint density at radius 2 is 2.35 bits per heavy atom. The Labute approximate surface area is 108 Å². The number of pyridine rings is 1. The first-order chi connectivity index (χ1) is 8.22. The van der Waals surface area contributed by atoms with Gasteiger partial charge in [0.1, 0.15) is 4.99 Å². The molecule has 1 aliphatic rings. The Bertz CT molecular complexity index is 401. The fourth-order valence-corrected chi connectivity index (χ4v) is 2.21. The predicted molar refractivity (Wildman–Crippen MR) is 75.4 cm³/mol. The van der Waals surface area contributed by atoms with Crippen molar-refractivity contribution in [2.75, 3.05) is 18.0 Å². The van der Waals surface area contributed by atoms with Gasteiger partial charge in [-0.3, -0.25) is 4.98 Å². The zero-order valence-corrected chi connectivity index (χ0v) is 11.0. The second kappa shape index (κ2) is 5.45. The summed E-state index contributed by atoms with van der Waals surface area (Å²) < 4.78 is 0. The molecule has 1 heterocycles. The van der Waals surface area contributed by atoms with Crippen LogP contribution in [0.5, 0.6) is 0 Å². The lowest BCUT2D eigenvalue weighted by Crippen LogP contribution is -2.29. The second-order valence-corrected chi connectivity index (χ2v) is 5.09. The van der Waals surface area contributed by atoms with Crippen LogP contribution in [-0.2, 0) is 0 Å². The third-order valence-electron chi connectivity index (χ3n) is 3.08. The molecule has 0 saturated heterocycles. The fraction of sp³-hybridized carbons (Fsp3) is 0.538. The van der Waals surface area contributed by atoms with Gasteiger partial charge in [0.05, 0.1) is 11.9 Å². The first-order valence-electron chi connectivity index (χ1n) is 6.21. The van der Waals surface area contributed by atoms with E-state index in [1.807, 2.05) is 12.3 Å². The van der Waals surface area contributed by atoms with Crippen LogP contribution in [0, 0.1) is 5.92 Å². The summed E-state index contributed by atoms with van der Waals surface area (Å²) in [7, 11) is 0. The summed E-state index contributed by atoms with van der Waals surface area (Å²) in [5.74, 6) is 0.848. The molecule has 17 heavy (non-hydrogen) atoms. The van der Waals surface area contributed by atoms with E-state index in [9.17, 15) is 0 Å². The molecule has 0 spiro atoms. The number of rotatable bonds is 6. The predicted octanol–water partition coefficient (Wildman–Crippen LogP) is 2.34. The molecule has 1 fully saturated rings. The quantitative estimate of drug-likeness (QED) is 0.786. The number of hydrogen-bond donors (Lipinski definition) is 1. The van der Waals surface area contributed by atoms with E-state index in [0.717, 1.165) is 36.7 Å². The molecular weight excluding hydrogens is 230 g/mol.